The molecule has 3 aromatic rings. The summed E-state index contributed by atoms with van der Waals surface area (Å²) in [6, 6.07) is 13.2. The minimum atomic E-state index is 0.0906. The van der Waals surface area contributed by atoms with Crippen LogP contribution in [0.4, 0.5) is 0 Å². The maximum atomic E-state index is 2.46. The van der Waals surface area contributed by atoms with Gasteiger partial charge in [-0.05, 0) is 36.6 Å². The van der Waals surface area contributed by atoms with E-state index in [2.05, 4.69) is 91.3 Å². The largest absolute Gasteiger partial charge is 0.262 e. The number of aryl methyl sites for hydroxylation is 1. The molecule has 0 amide bonds. The van der Waals surface area contributed by atoms with Crippen molar-refractivity contribution in [3.8, 4) is 0 Å². The van der Waals surface area contributed by atoms with Crippen LogP contribution < -0.4 is 4.57 Å². The Balaban J connectivity index is 1.83. The van der Waals surface area contributed by atoms with Gasteiger partial charge in [0.2, 0.25) is 5.52 Å². The molecule has 1 aliphatic carbocycles. The summed E-state index contributed by atoms with van der Waals surface area (Å²) in [4.78, 5) is 0. The lowest BCUT2D eigenvalue weighted by Gasteiger charge is -2.26. The van der Waals surface area contributed by atoms with Gasteiger partial charge in [-0.1, -0.05) is 72.9 Å². The van der Waals surface area contributed by atoms with E-state index < -0.39 is 0 Å². The van der Waals surface area contributed by atoms with Crippen molar-refractivity contribution in [3.05, 3.63) is 71.8 Å². The summed E-state index contributed by atoms with van der Waals surface area (Å²) in [6.45, 7) is 5.46. The molecule has 0 bridgehead atoms. The highest BCUT2D eigenvalue weighted by Gasteiger charge is 2.25. The molecule has 1 unspecified atom stereocenters. The summed E-state index contributed by atoms with van der Waals surface area (Å²) in [7, 11) is 0. The van der Waals surface area contributed by atoms with Crippen LogP contribution in [0.25, 0.3) is 27.1 Å². The third-order valence-corrected chi connectivity index (χ3v) is 7.29. The summed E-state index contributed by atoms with van der Waals surface area (Å²) in [5, 5.41) is 3.99. The molecule has 0 spiro atoms. The van der Waals surface area contributed by atoms with Gasteiger partial charge in [-0.25, -0.2) is 0 Å². The number of thiazole rings is 1. The van der Waals surface area contributed by atoms with Crippen molar-refractivity contribution in [2.24, 2.45) is 0 Å². The molecule has 3 heteroatoms. The van der Waals surface area contributed by atoms with Crippen LogP contribution >= 0.6 is 23.1 Å². The predicted molar refractivity (Wildman–Crippen MR) is 118 cm³/mol. The van der Waals surface area contributed by atoms with Crippen LogP contribution in [0.3, 0.4) is 0 Å². The average Bonchev–Trinajstić information content (AvgIpc) is 3.05. The molecule has 0 N–H and O–H groups in total. The van der Waals surface area contributed by atoms with Crippen LogP contribution in [-0.2, 0) is 6.54 Å². The Morgan fingerprint density at radius 2 is 2.04 bits per heavy atom. The van der Waals surface area contributed by atoms with Gasteiger partial charge in [0.15, 0.2) is 0 Å². The van der Waals surface area contributed by atoms with Gasteiger partial charge in [-0.2, -0.15) is 4.57 Å². The second-order valence-electron chi connectivity index (χ2n) is 6.53. The number of hydrogen-bond acceptors (Lipinski definition) is 2. The summed E-state index contributed by atoms with van der Waals surface area (Å²) >= 11 is 3.91. The number of thioether (sulfide) groups is 1. The van der Waals surface area contributed by atoms with Gasteiger partial charge in [0.25, 0.3) is 5.01 Å². The smallest absolute Gasteiger partial charge is 0.182 e. The van der Waals surface area contributed by atoms with Gasteiger partial charge >= 0.3 is 0 Å². The first-order valence-corrected chi connectivity index (χ1v) is 11.1. The maximum Gasteiger partial charge on any atom is 0.262 e. The summed E-state index contributed by atoms with van der Waals surface area (Å²) < 4.78 is 3.92. The Labute approximate surface area is 163 Å². The van der Waals surface area contributed by atoms with Crippen molar-refractivity contribution < 1.29 is 4.57 Å². The average molecular weight is 379 g/mol. The molecule has 132 valence electrons. The highest BCUT2D eigenvalue weighted by Crippen LogP contribution is 2.36. The molecule has 0 aliphatic heterocycles. The highest BCUT2D eigenvalue weighted by molar-refractivity contribution is 8.01. The Hall–Kier alpha value is -1.84. The van der Waals surface area contributed by atoms with Crippen molar-refractivity contribution in [2.75, 3.05) is 5.75 Å². The zero-order valence-electron chi connectivity index (χ0n) is 15.3. The van der Waals surface area contributed by atoms with E-state index in [0.717, 1.165) is 18.7 Å². The normalized spacial score (nSPS) is 19.9. The third-order valence-electron chi connectivity index (χ3n) is 4.91. The van der Waals surface area contributed by atoms with E-state index in [-0.39, 0.29) is 4.75 Å². The number of nitrogens with zero attached hydrogens (tertiary/aromatic N) is 1. The topological polar surface area (TPSA) is 3.88 Å². The second-order valence-corrected chi connectivity index (χ2v) is 9.22. The molecular weight excluding hydrogens is 354 g/mol. The molecule has 26 heavy (non-hydrogen) atoms. The van der Waals surface area contributed by atoms with E-state index in [0.29, 0.717) is 0 Å². The van der Waals surface area contributed by atoms with Crippen LogP contribution in [-0.4, -0.2) is 10.5 Å². The monoisotopic (exact) mass is 378 g/mol. The third kappa shape index (κ3) is 3.15. The van der Waals surface area contributed by atoms with Crippen molar-refractivity contribution in [2.45, 2.75) is 31.6 Å². The first-order valence-electron chi connectivity index (χ1n) is 9.28. The van der Waals surface area contributed by atoms with Crippen LogP contribution in [0.1, 0.15) is 25.3 Å². The lowest BCUT2D eigenvalue weighted by atomic mass is 9.99. The highest BCUT2D eigenvalue weighted by atomic mass is 32.2. The number of aromatic nitrogens is 1. The summed E-state index contributed by atoms with van der Waals surface area (Å²) in [6.07, 6.45) is 14.8. The van der Waals surface area contributed by atoms with E-state index in [1.54, 1.807) is 0 Å². The Bertz CT molecular complexity index is 1030. The first kappa shape index (κ1) is 17.6. The lowest BCUT2D eigenvalue weighted by Crippen LogP contribution is -2.33. The predicted octanol–water partition coefficient (Wildman–Crippen LogP) is 6.38. The molecule has 1 heterocycles. The summed E-state index contributed by atoms with van der Waals surface area (Å²) in [5.41, 5.74) is 1.37. The molecule has 1 aliphatic rings. The van der Waals surface area contributed by atoms with E-state index in [1.807, 2.05) is 23.1 Å². The van der Waals surface area contributed by atoms with Gasteiger partial charge in [-0.15, -0.1) is 11.8 Å². The standard InChI is InChI=1S/C23H24NS2/c1-3-24-21(14-17-23(25-4-2)15-8-5-9-16-23)26-20-13-12-18-10-6-7-11-19(18)22(20)24/h5-15,17H,3-4,16H2,1-2H3/q+1. The summed E-state index contributed by atoms with van der Waals surface area (Å²) in [5.74, 6) is 1.12. The fourth-order valence-corrected chi connectivity index (χ4v) is 5.92. The number of rotatable bonds is 5. The van der Waals surface area contributed by atoms with E-state index >= 15 is 0 Å². The van der Waals surface area contributed by atoms with Crippen molar-refractivity contribution in [1.29, 1.82) is 0 Å². The van der Waals surface area contributed by atoms with E-state index in [4.69, 9.17) is 0 Å². The number of benzene rings is 2. The van der Waals surface area contributed by atoms with Crippen LogP contribution in [0.15, 0.2) is 66.8 Å². The fraction of sp³-hybridized carbons (Fsp3) is 0.261. The number of hydrogen-bond donors (Lipinski definition) is 0. The van der Waals surface area contributed by atoms with Crippen molar-refractivity contribution in [1.82, 2.24) is 0 Å². The Morgan fingerprint density at radius 3 is 2.81 bits per heavy atom. The minimum Gasteiger partial charge on any atom is -0.182 e. The van der Waals surface area contributed by atoms with Crippen LogP contribution in [0.5, 0.6) is 0 Å². The molecule has 0 saturated carbocycles. The fourth-order valence-electron chi connectivity index (χ4n) is 3.69. The lowest BCUT2D eigenvalue weighted by molar-refractivity contribution is -0.664. The van der Waals surface area contributed by atoms with Crippen molar-refractivity contribution >= 4 is 50.2 Å². The first-order chi connectivity index (χ1) is 12.8. The molecule has 0 fully saturated rings. The zero-order valence-corrected chi connectivity index (χ0v) is 16.9. The van der Waals surface area contributed by atoms with Gasteiger partial charge < -0.3 is 0 Å². The van der Waals surface area contributed by atoms with Gasteiger partial charge in [0.05, 0.1) is 10.1 Å². The molecular formula is C23H24NS2+. The molecule has 0 saturated heterocycles. The van der Waals surface area contributed by atoms with Crippen LogP contribution in [0.2, 0.25) is 0 Å². The number of fused-ring (bicyclic) bond motifs is 3. The molecule has 4 rings (SSSR count). The van der Waals surface area contributed by atoms with Gasteiger partial charge in [0.1, 0.15) is 11.2 Å². The quantitative estimate of drug-likeness (QED) is 0.466. The molecule has 1 aromatic heterocycles. The Morgan fingerprint density at radius 1 is 1.15 bits per heavy atom. The zero-order chi connectivity index (χ0) is 18.0. The maximum absolute atomic E-state index is 2.46. The molecule has 2 aromatic carbocycles. The van der Waals surface area contributed by atoms with E-state index in [1.165, 1.54) is 26.0 Å². The molecule has 0 radical (unpaired) electrons. The number of allylic oxidation sites excluding steroid dienone is 3. The molecule has 1 atom stereocenters. The minimum absolute atomic E-state index is 0.0906. The molecule has 1 nitrogen and oxygen atoms in total. The van der Waals surface area contributed by atoms with Crippen LogP contribution in [0, 0.1) is 0 Å². The van der Waals surface area contributed by atoms with Gasteiger partial charge in [0, 0.05) is 6.08 Å². The SMILES string of the molecule is CCSC1(C=Cc2sc3ccc4ccccc4c3[n+]2CC)C=CC=CC1. The Kier molecular flexibility index (Phi) is 5.01. The second kappa shape index (κ2) is 7.42. The van der Waals surface area contributed by atoms with Gasteiger partial charge in [-0.3, -0.25) is 0 Å². The van der Waals surface area contributed by atoms with Crippen molar-refractivity contribution in [3.63, 3.8) is 0 Å². The van der Waals surface area contributed by atoms with E-state index in [9.17, 15) is 0 Å².